The fourth-order valence-electron chi connectivity index (χ4n) is 1.87. The molecule has 2 aromatic rings. The molecule has 90 valence electrons. The molecule has 0 saturated heterocycles. The van der Waals surface area contributed by atoms with E-state index in [-0.39, 0.29) is 5.97 Å². The fourth-order valence-corrected chi connectivity index (χ4v) is 1.87. The first kappa shape index (κ1) is 11.6. The van der Waals surface area contributed by atoms with Gasteiger partial charge in [-0.3, -0.25) is 9.48 Å². The van der Waals surface area contributed by atoms with Crippen LogP contribution in [0.1, 0.15) is 18.2 Å². The third kappa shape index (κ3) is 2.30. The van der Waals surface area contributed by atoms with E-state index in [4.69, 9.17) is 4.74 Å². The van der Waals surface area contributed by atoms with Crippen molar-refractivity contribution in [1.82, 2.24) is 9.78 Å². The van der Waals surface area contributed by atoms with Gasteiger partial charge >= 0.3 is 5.97 Å². The maximum Gasteiger partial charge on any atom is 0.310 e. The maximum absolute atomic E-state index is 11.4. The number of rotatable bonds is 3. The first-order valence-electron chi connectivity index (χ1n) is 5.69. The lowest BCUT2D eigenvalue weighted by Gasteiger charge is -2.01. The maximum atomic E-state index is 11.4. The van der Waals surface area contributed by atoms with Crippen molar-refractivity contribution in [3.63, 3.8) is 0 Å². The number of carbonyl (C=O) groups excluding carboxylic acids is 1. The average Bonchev–Trinajstić information content (AvgIpc) is 2.55. The van der Waals surface area contributed by atoms with Crippen molar-refractivity contribution in [2.75, 3.05) is 6.61 Å². The zero-order chi connectivity index (χ0) is 12.4. The van der Waals surface area contributed by atoms with Crippen LogP contribution in [0.25, 0.3) is 10.9 Å². The second kappa shape index (κ2) is 4.57. The minimum absolute atomic E-state index is 0.195. The number of aryl methyl sites for hydroxylation is 2. The number of benzene rings is 1. The number of ether oxygens (including phenoxy) is 1. The number of nitrogens with zero attached hydrogens (tertiary/aromatic N) is 2. The summed E-state index contributed by atoms with van der Waals surface area (Å²) in [6.45, 7) is 4.26. The molecule has 0 spiro atoms. The van der Waals surface area contributed by atoms with Crippen molar-refractivity contribution >= 4 is 16.9 Å². The van der Waals surface area contributed by atoms with Crippen molar-refractivity contribution < 1.29 is 9.53 Å². The van der Waals surface area contributed by atoms with Gasteiger partial charge in [-0.1, -0.05) is 12.1 Å². The molecule has 1 heterocycles. The van der Waals surface area contributed by atoms with Gasteiger partial charge in [0.1, 0.15) is 0 Å². The number of esters is 1. The van der Waals surface area contributed by atoms with Gasteiger partial charge < -0.3 is 4.74 Å². The van der Waals surface area contributed by atoms with Crippen LogP contribution in [0.5, 0.6) is 0 Å². The van der Waals surface area contributed by atoms with Crippen molar-refractivity contribution in [3.05, 3.63) is 29.5 Å². The van der Waals surface area contributed by atoms with Crippen LogP contribution in [-0.4, -0.2) is 22.4 Å². The van der Waals surface area contributed by atoms with Crippen LogP contribution in [0.3, 0.4) is 0 Å². The lowest BCUT2D eigenvalue weighted by Crippen LogP contribution is -2.07. The molecule has 2 rings (SSSR count). The molecule has 0 N–H and O–H groups in total. The van der Waals surface area contributed by atoms with Gasteiger partial charge in [0.05, 0.1) is 18.5 Å². The number of hydrogen-bond acceptors (Lipinski definition) is 3. The summed E-state index contributed by atoms with van der Waals surface area (Å²) >= 11 is 0. The van der Waals surface area contributed by atoms with E-state index < -0.39 is 0 Å². The molecule has 1 aromatic carbocycles. The lowest BCUT2D eigenvalue weighted by molar-refractivity contribution is -0.142. The normalized spacial score (nSPS) is 10.8. The zero-order valence-corrected chi connectivity index (χ0v) is 10.4. The van der Waals surface area contributed by atoms with Crippen molar-refractivity contribution in [2.45, 2.75) is 20.3 Å². The van der Waals surface area contributed by atoms with E-state index >= 15 is 0 Å². The molecule has 0 radical (unpaired) electrons. The molecule has 0 saturated carbocycles. The van der Waals surface area contributed by atoms with Crippen LogP contribution in [0.15, 0.2) is 18.2 Å². The Hall–Kier alpha value is -1.84. The van der Waals surface area contributed by atoms with Crippen molar-refractivity contribution in [2.24, 2.45) is 7.05 Å². The summed E-state index contributed by atoms with van der Waals surface area (Å²) < 4.78 is 6.77. The highest BCUT2D eigenvalue weighted by Crippen LogP contribution is 2.18. The Morgan fingerprint density at radius 3 is 2.94 bits per heavy atom. The van der Waals surface area contributed by atoms with Crippen LogP contribution in [0.2, 0.25) is 0 Å². The predicted molar refractivity (Wildman–Crippen MR) is 65.8 cm³/mol. The van der Waals surface area contributed by atoms with Gasteiger partial charge in [0.15, 0.2) is 0 Å². The van der Waals surface area contributed by atoms with Gasteiger partial charge in [0, 0.05) is 18.1 Å². The lowest BCUT2D eigenvalue weighted by atomic mass is 10.1. The van der Waals surface area contributed by atoms with Gasteiger partial charge in [-0.25, -0.2) is 0 Å². The number of hydrogen-bond donors (Lipinski definition) is 0. The molecule has 4 heteroatoms. The molecule has 17 heavy (non-hydrogen) atoms. The molecule has 0 fully saturated rings. The monoisotopic (exact) mass is 232 g/mol. The van der Waals surface area contributed by atoms with E-state index in [9.17, 15) is 4.79 Å². The highest BCUT2D eigenvalue weighted by atomic mass is 16.5. The highest BCUT2D eigenvalue weighted by molar-refractivity contribution is 5.83. The Morgan fingerprint density at radius 2 is 2.24 bits per heavy atom. The Balaban J connectivity index is 2.29. The van der Waals surface area contributed by atoms with Crippen LogP contribution >= 0.6 is 0 Å². The molecule has 1 aromatic heterocycles. The van der Waals surface area contributed by atoms with Crippen molar-refractivity contribution in [3.8, 4) is 0 Å². The summed E-state index contributed by atoms with van der Waals surface area (Å²) in [6.07, 6.45) is 0.305. The zero-order valence-electron chi connectivity index (χ0n) is 10.4. The number of fused-ring (bicyclic) bond motifs is 1. The quantitative estimate of drug-likeness (QED) is 0.760. The van der Waals surface area contributed by atoms with E-state index in [2.05, 4.69) is 5.10 Å². The van der Waals surface area contributed by atoms with Gasteiger partial charge in [0.2, 0.25) is 0 Å². The van der Waals surface area contributed by atoms with Gasteiger partial charge in [-0.2, -0.15) is 5.10 Å². The SMILES string of the molecule is CCOC(=O)Cc1ccc2c(C)n(C)nc2c1. The topological polar surface area (TPSA) is 44.1 Å². The molecular formula is C13H16N2O2. The summed E-state index contributed by atoms with van der Waals surface area (Å²) in [6, 6.07) is 5.90. The second-order valence-electron chi connectivity index (χ2n) is 4.04. The van der Waals surface area contributed by atoms with E-state index in [0.717, 1.165) is 22.2 Å². The second-order valence-corrected chi connectivity index (χ2v) is 4.04. The minimum Gasteiger partial charge on any atom is -0.466 e. The molecule has 0 bridgehead atoms. The third-order valence-corrected chi connectivity index (χ3v) is 2.85. The molecule has 0 aliphatic carbocycles. The first-order chi connectivity index (χ1) is 8.11. The summed E-state index contributed by atoms with van der Waals surface area (Å²) in [7, 11) is 1.92. The Morgan fingerprint density at radius 1 is 1.47 bits per heavy atom. The minimum atomic E-state index is -0.195. The molecule has 0 atom stereocenters. The van der Waals surface area contributed by atoms with Crippen LogP contribution in [-0.2, 0) is 23.0 Å². The smallest absolute Gasteiger partial charge is 0.310 e. The van der Waals surface area contributed by atoms with Crippen molar-refractivity contribution in [1.29, 1.82) is 0 Å². The third-order valence-electron chi connectivity index (χ3n) is 2.85. The molecule has 4 nitrogen and oxygen atoms in total. The summed E-state index contributed by atoms with van der Waals surface area (Å²) in [5, 5.41) is 5.52. The van der Waals surface area contributed by atoms with E-state index in [0.29, 0.717) is 13.0 Å². The Labute approximate surface area is 100 Å². The highest BCUT2D eigenvalue weighted by Gasteiger charge is 2.08. The predicted octanol–water partition coefficient (Wildman–Crippen LogP) is 1.99. The molecule has 0 aliphatic rings. The fraction of sp³-hybridized carbons (Fsp3) is 0.385. The number of aromatic nitrogens is 2. The largest absolute Gasteiger partial charge is 0.466 e. The Kier molecular flexibility index (Phi) is 3.13. The van der Waals surface area contributed by atoms with E-state index in [1.807, 2.05) is 43.8 Å². The summed E-state index contributed by atoms with van der Waals surface area (Å²) in [5.74, 6) is -0.195. The summed E-state index contributed by atoms with van der Waals surface area (Å²) in [5.41, 5.74) is 2.99. The standard InChI is InChI=1S/C13H16N2O2/c1-4-17-13(16)8-10-5-6-11-9(2)15(3)14-12(11)7-10/h5-7H,4,8H2,1-3H3. The molecular weight excluding hydrogens is 216 g/mol. The molecule has 0 amide bonds. The van der Waals surface area contributed by atoms with Crippen LogP contribution in [0.4, 0.5) is 0 Å². The first-order valence-corrected chi connectivity index (χ1v) is 5.69. The van der Waals surface area contributed by atoms with Gasteiger partial charge in [-0.15, -0.1) is 0 Å². The Bertz CT molecular complexity index is 558. The number of carbonyl (C=O) groups is 1. The van der Waals surface area contributed by atoms with E-state index in [1.54, 1.807) is 0 Å². The summed E-state index contributed by atoms with van der Waals surface area (Å²) in [4.78, 5) is 11.4. The van der Waals surface area contributed by atoms with Crippen LogP contribution < -0.4 is 0 Å². The molecule has 0 unspecified atom stereocenters. The van der Waals surface area contributed by atoms with Gasteiger partial charge in [0.25, 0.3) is 0 Å². The average molecular weight is 232 g/mol. The van der Waals surface area contributed by atoms with Gasteiger partial charge in [-0.05, 0) is 25.5 Å². The van der Waals surface area contributed by atoms with E-state index in [1.165, 1.54) is 0 Å². The van der Waals surface area contributed by atoms with Crippen LogP contribution in [0, 0.1) is 6.92 Å². The molecule has 0 aliphatic heterocycles.